The molecule has 6 saturated heterocycles. The second-order valence-electron chi connectivity index (χ2n) is 15.0. The molecule has 6 aliphatic rings. The van der Waals surface area contributed by atoms with Gasteiger partial charge in [0.2, 0.25) is 0 Å². The SMILES string of the molecule is CCCC1OCCC1(CC)C1(OP(=O)(OC2(C3(CC)CCOC3CCC)CCO2)OC2(C3(CC)CCOC3CCC)CCO2)CCO1. The summed E-state index contributed by atoms with van der Waals surface area (Å²) < 4.78 is 75.8. The molecule has 0 aromatic carbocycles. The average molecular weight is 687 g/mol. The Hall–Kier alpha value is -0.130. The topological polar surface area (TPSA) is 100 Å². The van der Waals surface area contributed by atoms with Crippen LogP contribution in [-0.4, -0.2) is 75.3 Å². The monoisotopic (exact) mass is 686 g/mol. The highest BCUT2D eigenvalue weighted by Gasteiger charge is 2.72. The summed E-state index contributed by atoms with van der Waals surface area (Å²) in [4.78, 5) is 0. The fraction of sp³-hybridized carbons (Fsp3) is 1.00. The minimum Gasteiger partial charge on any atom is -0.377 e. The van der Waals surface area contributed by atoms with Gasteiger partial charge in [-0.25, -0.2) is 4.57 Å². The molecule has 272 valence electrons. The van der Waals surface area contributed by atoms with Crippen molar-refractivity contribution in [3.63, 3.8) is 0 Å². The first-order chi connectivity index (χ1) is 22.7. The van der Waals surface area contributed by atoms with Crippen LogP contribution in [0, 0.1) is 16.2 Å². The largest absolute Gasteiger partial charge is 0.482 e. The normalized spacial score (nSPS) is 46.1. The Balaban J connectivity index is 1.43. The highest BCUT2D eigenvalue weighted by molar-refractivity contribution is 7.48. The van der Waals surface area contributed by atoms with Crippen molar-refractivity contribution in [2.24, 2.45) is 16.2 Å². The number of phosphoric acid groups is 1. The van der Waals surface area contributed by atoms with Gasteiger partial charge in [0, 0.05) is 39.1 Å². The zero-order valence-corrected chi connectivity index (χ0v) is 31.0. The quantitative estimate of drug-likeness (QED) is 0.131. The molecule has 10 nitrogen and oxygen atoms in total. The molecule has 0 aliphatic carbocycles. The van der Waals surface area contributed by atoms with Crippen LogP contribution in [0.25, 0.3) is 0 Å². The van der Waals surface area contributed by atoms with Gasteiger partial charge in [0.05, 0.1) is 54.4 Å². The van der Waals surface area contributed by atoms with Gasteiger partial charge in [-0.15, -0.1) is 0 Å². The Morgan fingerprint density at radius 3 is 0.957 bits per heavy atom. The summed E-state index contributed by atoms with van der Waals surface area (Å²) in [5, 5.41) is 0. The van der Waals surface area contributed by atoms with Gasteiger partial charge >= 0.3 is 7.82 Å². The van der Waals surface area contributed by atoms with Gasteiger partial charge in [0.25, 0.3) is 0 Å². The third kappa shape index (κ3) is 5.57. The highest BCUT2D eigenvalue weighted by atomic mass is 31.2. The van der Waals surface area contributed by atoms with Crippen molar-refractivity contribution in [1.82, 2.24) is 0 Å². The molecule has 0 aromatic rings. The Morgan fingerprint density at radius 1 is 0.489 bits per heavy atom. The lowest BCUT2D eigenvalue weighted by Crippen LogP contribution is -2.65. The number of hydrogen-bond donors (Lipinski definition) is 0. The lowest BCUT2D eigenvalue weighted by atomic mass is 9.67. The first kappa shape index (κ1) is 36.7. The van der Waals surface area contributed by atoms with Crippen LogP contribution < -0.4 is 0 Å². The molecular weight excluding hydrogens is 623 g/mol. The van der Waals surface area contributed by atoms with E-state index < -0.39 is 41.4 Å². The van der Waals surface area contributed by atoms with Gasteiger partial charge < -0.3 is 28.4 Å². The molecule has 11 heteroatoms. The van der Waals surface area contributed by atoms with E-state index in [9.17, 15) is 0 Å². The van der Waals surface area contributed by atoms with Gasteiger partial charge in [0.15, 0.2) is 17.4 Å². The summed E-state index contributed by atoms with van der Waals surface area (Å²) in [5.74, 6) is -3.52. The van der Waals surface area contributed by atoms with Gasteiger partial charge in [-0.05, 0) is 57.8 Å². The summed E-state index contributed by atoms with van der Waals surface area (Å²) in [6, 6.07) is 0. The van der Waals surface area contributed by atoms with E-state index in [1.165, 1.54) is 0 Å². The second-order valence-corrected chi connectivity index (χ2v) is 16.4. The molecule has 0 amide bonds. The van der Waals surface area contributed by atoms with Gasteiger partial charge in [-0.3, -0.25) is 13.6 Å². The van der Waals surface area contributed by atoms with Crippen molar-refractivity contribution in [2.45, 2.75) is 174 Å². The van der Waals surface area contributed by atoms with Crippen LogP contribution in [0.1, 0.15) is 138 Å². The molecule has 6 fully saturated rings. The maximum Gasteiger partial charge on any atom is 0.482 e. The van der Waals surface area contributed by atoms with Crippen LogP contribution in [0.15, 0.2) is 0 Å². The molecule has 9 atom stereocenters. The van der Waals surface area contributed by atoms with E-state index in [1.54, 1.807) is 0 Å². The van der Waals surface area contributed by atoms with Gasteiger partial charge in [-0.1, -0.05) is 60.8 Å². The molecule has 9 unspecified atom stereocenters. The summed E-state index contributed by atoms with van der Waals surface area (Å²) in [5.41, 5.74) is -1.46. The number of phosphoric ester groups is 1. The summed E-state index contributed by atoms with van der Waals surface area (Å²) >= 11 is 0. The molecule has 6 heterocycles. The van der Waals surface area contributed by atoms with E-state index >= 15 is 4.57 Å². The zero-order valence-electron chi connectivity index (χ0n) is 30.1. The van der Waals surface area contributed by atoms with Crippen molar-refractivity contribution in [2.75, 3.05) is 39.6 Å². The Kier molecular flexibility index (Phi) is 11.0. The third-order valence-corrected chi connectivity index (χ3v) is 14.9. The van der Waals surface area contributed by atoms with E-state index in [0.717, 1.165) is 77.0 Å². The van der Waals surface area contributed by atoms with Crippen molar-refractivity contribution < 1.29 is 46.6 Å². The van der Waals surface area contributed by atoms with Crippen LogP contribution in [0.3, 0.4) is 0 Å². The lowest BCUT2D eigenvalue weighted by molar-refractivity contribution is -0.385. The first-order valence-electron chi connectivity index (χ1n) is 19.2. The van der Waals surface area contributed by atoms with Crippen LogP contribution in [0.4, 0.5) is 0 Å². The van der Waals surface area contributed by atoms with Crippen molar-refractivity contribution in [3.05, 3.63) is 0 Å². The number of hydrogen-bond acceptors (Lipinski definition) is 10. The molecule has 6 rings (SSSR count). The predicted molar refractivity (Wildman–Crippen MR) is 177 cm³/mol. The zero-order chi connectivity index (χ0) is 33.4. The Morgan fingerprint density at radius 2 is 0.766 bits per heavy atom. The first-order valence-corrected chi connectivity index (χ1v) is 20.6. The molecule has 0 bridgehead atoms. The third-order valence-electron chi connectivity index (χ3n) is 13.3. The Labute approximate surface area is 283 Å². The fourth-order valence-electron chi connectivity index (χ4n) is 10.4. The molecule has 0 aromatic heterocycles. The van der Waals surface area contributed by atoms with Crippen molar-refractivity contribution >= 4 is 7.82 Å². The van der Waals surface area contributed by atoms with Gasteiger partial charge in [0.1, 0.15) is 0 Å². The van der Waals surface area contributed by atoms with E-state index in [4.69, 9.17) is 42.0 Å². The molecular formula is C36H63O10P. The van der Waals surface area contributed by atoms with Crippen LogP contribution in [0.5, 0.6) is 0 Å². The standard InChI is InChI=1S/C36H63O10P/c1-7-13-28-31(10-4,16-22-38-28)34(19-25-41-34)44-47(37,45-35(20-26-42-35)32(11-5)17-23-39-29(32)14-8-2)46-36(21-27-43-36)33(12-6)18-24-40-30(33)15-9-3/h28-30H,7-27H2,1-6H3. The molecule has 0 saturated carbocycles. The summed E-state index contributed by atoms with van der Waals surface area (Å²) in [7, 11) is -4.48. The van der Waals surface area contributed by atoms with Crippen LogP contribution in [0.2, 0.25) is 0 Å². The molecule has 47 heavy (non-hydrogen) atoms. The molecule has 6 aliphatic heterocycles. The molecule has 0 N–H and O–H groups in total. The van der Waals surface area contributed by atoms with Crippen molar-refractivity contribution in [1.29, 1.82) is 0 Å². The van der Waals surface area contributed by atoms with Crippen LogP contribution >= 0.6 is 7.82 Å². The predicted octanol–water partition coefficient (Wildman–Crippen LogP) is 8.45. The summed E-state index contributed by atoms with van der Waals surface area (Å²) in [6.07, 6.45) is 11.6. The van der Waals surface area contributed by atoms with Crippen LogP contribution in [-0.2, 0) is 46.6 Å². The van der Waals surface area contributed by atoms with E-state index in [1.807, 2.05) is 0 Å². The fourth-order valence-corrected chi connectivity index (χ4v) is 12.6. The summed E-state index contributed by atoms with van der Waals surface area (Å²) in [6.45, 7) is 16.4. The second kappa shape index (κ2) is 14.1. The lowest BCUT2D eigenvalue weighted by Gasteiger charge is -2.60. The smallest absolute Gasteiger partial charge is 0.377 e. The van der Waals surface area contributed by atoms with E-state index in [0.29, 0.717) is 58.9 Å². The number of ether oxygens (including phenoxy) is 6. The average Bonchev–Trinajstić information content (AvgIpc) is 3.74. The van der Waals surface area contributed by atoms with E-state index in [-0.39, 0.29) is 18.3 Å². The highest BCUT2D eigenvalue weighted by Crippen LogP contribution is 2.72. The maximum absolute atomic E-state index is 16.0. The van der Waals surface area contributed by atoms with E-state index in [2.05, 4.69) is 41.5 Å². The minimum atomic E-state index is -4.48. The van der Waals surface area contributed by atoms with Crippen molar-refractivity contribution in [3.8, 4) is 0 Å². The minimum absolute atomic E-state index is 0.0765. The Bertz CT molecular complexity index is 974. The number of rotatable bonds is 18. The molecule has 0 radical (unpaired) electrons. The maximum atomic E-state index is 16.0. The molecule has 0 spiro atoms. The van der Waals surface area contributed by atoms with Gasteiger partial charge in [-0.2, -0.15) is 0 Å².